The van der Waals surface area contributed by atoms with Gasteiger partial charge >= 0.3 is 0 Å². The fourth-order valence-corrected chi connectivity index (χ4v) is 1.48. The van der Waals surface area contributed by atoms with Gasteiger partial charge in [-0.05, 0) is 37.3 Å². The largest absolute Gasteiger partial charge is 0.294 e. The summed E-state index contributed by atoms with van der Waals surface area (Å²) in [5.41, 5.74) is 1.84. The molecule has 1 fully saturated rings. The number of pyridine rings is 1. The Kier molecular flexibility index (Phi) is 2.13. The van der Waals surface area contributed by atoms with Gasteiger partial charge in [0.25, 0.3) is 0 Å². The first-order chi connectivity index (χ1) is 6.27. The van der Waals surface area contributed by atoms with Crippen LogP contribution in [0.1, 0.15) is 35.2 Å². The van der Waals surface area contributed by atoms with E-state index in [-0.39, 0.29) is 5.78 Å². The minimum atomic E-state index is 0.280. The van der Waals surface area contributed by atoms with Gasteiger partial charge in [0.2, 0.25) is 0 Å². The molecular formula is C11H13NO. The van der Waals surface area contributed by atoms with Crippen LogP contribution in [0.3, 0.4) is 0 Å². The molecule has 0 bridgehead atoms. The Morgan fingerprint density at radius 1 is 1.62 bits per heavy atom. The van der Waals surface area contributed by atoms with Crippen molar-refractivity contribution in [3.63, 3.8) is 0 Å². The zero-order chi connectivity index (χ0) is 9.26. The molecular weight excluding hydrogens is 162 g/mol. The standard InChI is InChI=1S/C11H13NO/c1-8-7-12-5-4-10(8)11(13)6-9-2-3-9/h4-5,7,9H,2-3,6H2,1H3. The molecule has 0 aliphatic heterocycles. The van der Waals surface area contributed by atoms with E-state index in [1.807, 2.05) is 13.0 Å². The van der Waals surface area contributed by atoms with Crippen molar-refractivity contribution in [1.82, 2.24) is 4.98 Å². The maximum Gasteiger partial charge on any atom is 0.163 e. The lowest BCUT2D eigenvalue weighted by atomic mass is 10.0. The van der Waals surface area contributed by atoms with Gasteiger partial charge in [0, 0.05) is 24.4 Å². The highest BCUT2D eigenvalue weighted by molar-refractivity contribution is 5.97. The minimum absolute atomic E-state index is 0.280. The van der Waals surface area contributed by atoms with Crippen LogP contribution in [0.15, 0.2) is 18.5 Å². The van der Waals surface area contributed by atoms with Gasteiger partial charge in [-0.2, -0.15) is 0 Å². The van der Waals surface area contributed by atoms with Crippen LogP contribution in [-0.4, -0.2) is 10.8 Å². The summed E-state index contributed by atoms with van der Waals surface area (Å²) >= 11 is 0. The third kappa shape index (κ3) is 1.94. The number of hydrogen-bond acceptors (Lipinski definition) is 2. The van der Waals surface area contributed by atoms with E-state index in [9.17, 15) is 4.79 Å². The van der Waals surface area contributed by atoms with Gasteiger partial charge < -0.3 is 0 Å². The second-order valence-electron chi connectivity index (χ2n) is 3.76. The first kappa shape index (κ1) is 8.42. The number of Topliss-reactive ketones (excluding diaryl/α,β-unsaturated/α-hetero) is 1. The first-order valence-electron chi connectivity index (χ1n) is 4.71. The SMILES string of the molecule is Cc1cnccc1C(=O)CC1CC1. The van der Waals surface area contributed by atoms with Crippen LogP contribution in [0.4, 0.5) is 0 Å². The van der Waals surface area contributed by atoms with Gasteiger partial charge in [-0.25, -0.2) is 0 Å². The highest BCUT2D eigenvalue weighted by atomic mass is 16.1. The smallest absolute Gasteiger partial charge is 0.163 e. The lowest BCUT2D eigenvalue weighted by molar-refractivity contribution is 0.0975. The molecule has 0 aromatic carbocycles. The number of hydrogen-bond donors (Lipinski definition) is 0. The molecule has 2 nitrogen and oxygen atoms in total. The first-order valence-corrected chi connectivity index (χ1v) is 4.71. The van der Waals surface area contributed by atoms with Gasteiger partial charge in [0.15, 0.2) is 5.78 Å². The molecule has 13 heavy (non-hydrogen) atoms. The summed E-state index contributed by atoms with van der Waals surface area (Å²) in [6, 6.07) is 1.82. The van der Waals surface area contributed by atoms with Crippen molar-refractivity contribution >= 4 is 5.78 Å². The molecule has 1 saturated carbocycles. The number of aromatic nitrogens is 1. The molecule has 1 heterocycles. The predicted octanol–water partition coefficient (Wildman–Crippen LogP) is 2.37. The normalized spacial score (nSPS) is 15.8. The molecule has 1 aliphatic carbocycles. The van der Waals surface area contributed by atoms with Crippen molar-refractivity contribution in [2.75, 3.05) is 0 Å². The topological polar surface area (TPSA) is 30.0 Å². The van der Waals surface area contributed by atoms with Crippen molar-refractivity contribution in [3.8, 4) is 0 Å². The number of aryl methyl sites for hydroxylation is 1. The summed E-state index contributed by atoms with van der Waals surface area (Å²) in [5.74, 6) is 0.947. The summed E-state index contributed by atoms with van der Waals surface area (Å²) in [4.78, 5) is 15.7. The van der Waals surface area contributed by atoms with Crippen molar-refractivity contribution in [3.05, 3.63) is 29.6 Å². The number of ketones is 1. The van der Waals surface area contributed by atoms with Crippen LogP contribution in [-0.2, 0) is 0 Å². The molecule has 1 aromatic rings. The molecule has 0 radical (unpaired) electrons. The molecule has 0 atom stereocenters. The zero-order valence-corrected chi connectivity index (χ0v) is 7.79. The van der Waals surface area contributed by atoms with Crippen molar-refractivity contribution in [2.24, 2.45) is 5.92 Å². The van der Waals surface area contributed by atoms with Gasteiger partial charge in [-0.1, -0.05) is 0 Å². The second kappa shape index (κ2) is 3.29. The summed E-state index contributed by atoms with van der Waals surface area (Å²) in [7, 11) is 0. The highest BCUT2D eigenvalue weighted by Gasteiger charge is 2.25. The van der Waals surface area contributed by atoms with Crippen LogP contribution in [0.25, 0.3) is 0 Å². The van der Waals surface area contributed by atoms with E-state index in [0.29, 0.717) is 5.92 Å². The van der Waals surface area contributed by atoms with Crippen molar-refractivity contribution in [2.45, 2.75) is 26.2 Å². The van der Waals surface area contributed by atoms with E-state index in [1.54, 1.807) is 12.4 Å². The van der Waals surface area contributed by atoms with E-state index in [1.165, 1.54) is 12.8 Å². The van der Waals surface area contributed by atoms with E-state index in [4.69, 9.17) is 0 Å². The van der Waals surface area contributed by atoms with E-state index < -0.39 is 0 Å². The molecule has 1 aromatic heterocycles. The fraction of sp³-hybridized carbons (Fsp3) is 0.455. The maximum absolute atomic E-state index is 11.7. The third-order valence-corrected chi connectivity index (χ3v) is 2.49. The zero-order valence-electron chi connectivity index (χ0n) is 7.79. The van der Waals surface area contributed by atoms with Gasteiger partial charge in [0.05, 0.1) is 0 Å². The third-order valence-electron chi connectivity index (χ3n) is 2.49. The quantitative estimate of drug-likeness (QED) is 0.660. The Balaban J connectivity index is 2.13. The summed E-state index contributed by atoms with van der Waals surface area (Å²) in [5, 5.41) is 0. The Bertz CT molecular complexity index is 329. The van der Waals surface area contributed by atoms with Gasteiger partial charge in [0.1, 0.15) is 0 Å². The van der Waals surface area contributed by atoms with Gasteiger partial charge in [-0.3, -0.25) is 9.78 Å². The molecule has 2 rings (SSSR count). The minimum Gasteiger partial charge on any atom is -0.294 e. The number of carbonyl (C=O) groups is 1. The van der Waals surface area contributed by atoms with Crippen LogP contribution in [0, 0.1) is 12.8 Å². The lowest BCUT2D eigenvalue weighted by Gasteiger charge is -2.02. The Morgan fingerprint density at radius 3 is 3.00 bits per heavy atom. The fourth-order valence-electron chi connectivity index (χ4n) is 1.48. The summed E-state index contributed by atoms with van der Waals surface area (Å²) in [6.07, 6.45) is 6.63. The van der Waals surface area contributed by atoms with Crippen LogP contribution >= 0.6 is 0 Å². The summed E-state index contributed by atoms with van der Waals surface area (Å²) in [6.45, 7) is 1.94. The summed E-state index contributed by atoms with van der Waals surface area (Å²) < 4.78 is 0. The molecule has 0 amide bonds. The molecule has 0 saturated heterocycles. The van der Waals surface area contributed by atoms with E-state index in [2.05, 4.69) is 4.98 Å². The Morgan fingerprint density at radius 2 is 2.38 bits per heavy atom. The number of nitrogens with zero attached hydrogens (tertiary/aromatic N) is 1. The number of rotatable bonds is 3. The van der Waals surface area contributed by atoms with Crippen molar-refractivity contribution in [1.29, 1.82) is 0 Å². The second-order valence-corrected chi connectivity index (χ2v) is 3.76. The molecule has 68 valence electrons. The Labute approximate surface area is 78.0 Å². The van der Waals surface area contributed by atoms with Crippen LogP contribution in [0.2, 0.25) is 0 Å². The van der Waals surface area contributed by atoms with Crippen molar-refractivity contribution < 1.29 is 4.79 Å². The average Bonchev–Trinajstić information content (AvgIpc) is 2.89. The molecule has 0 N–H and O–H groups in total. The molecule has 1 aliphatic rings. The lowest BCUT2D eigenvalue weighted by Crippen LogP contribution is -2.02. The average molecular weight is 175 g/mol. The van der Waals surface area contributed by atoms with Crippen LogP contribution in [0.5, 0.6) is 0 Å². The molecule has 2 heteroatoms. The predicted molar refractivity (Wildman–Crippen MR) is 50.6 cm³/mol. The van der Waals surface area contributed by atoms with Crippen LogP contribution < -0.4 is 0 Å². The molecule has 0 spiro atoms. The molecule has 0 unspecified atom stereocenters. The van der Waals surface area contributed by atoms with E-state index >= 15 is 0 Å². The Hall–Kier alpha value is -1.18. The monoisotopic (exact) mass is 175 g/mol. The van der Waals surface area contributed by atoms with Gasteiger partial charge in [-0.15, -0.1) is 0 Å². The number of carbonyl (C=O) groups excluding carboxylic acids is 1. The highest BCUT2D eigenvalue weighted by Crippen LogP contribution is 2.33. The van der Waals surface area contributed by atoms with E-state index in [0.717, 1.165) is 17.5 Å². The maximum atomic E-state index is 11.7.